The van der Waals surface area contributed by atoms with Crippen LogP contribution in [0.1, 0.15) is 46.0 Å². The van der Waals surface area contributed by atoms with Crippen molar-refractivity contribution >= 4 is 5.91 Å². The van der Waals surface area contributed by atoms with Gasteiger partial charge in [0.1, 0.15) is 0 Å². The zero-order valence-electron chi connectivity index (χ0n) is 9.47. The zero-order chi connectivity index (χ0) is 11.1. The van der Waals surface area contributed by atoms with Crippen LogP contribution in [0.15, 0.2) is 0 Å². The molecule has 0 aromatic heterocycles. The highest BCUT2D eigenvalue weighted by molar-refractivity contribution is 5.79. The number of nitrogens with one attached hydrogen (secondary N) is 1. The Kier molecular flexibility index (Phi) is 2.26. The van der Waals surface area contributed by atoms with Gasteiger partial charge in [-0.3, -0.25) is 4.79 Å². The van der Waals surface area contributed by atoms with Crippen LogP contribution >= 0.6 is 0 Å². The van der Waals surface area contributed by atoms with Crippen molar-refractivity contribution in [2.45, 2.75) is 51.5 Å². The van der Waals surface area contributed by atoms with Crippen LogP contribution < -0.4 is 5.32 Å². The minimum absolute atomic E-state index is 0.00874. The van der Waals surface area contributed by atoms with Crippen molar-refractivity contribution in [3.8, 4) is 6.07 Å². The molecule has 0 aromatic rings. The van der Waals surface area contributed by atoms with Crippen molar-refractivity contribution in [2.75, 3.05) is 0 Å². The molecular weight excluding hydrogens is 188 g/mol. The second kappa shape index (κ2) is 3.23. The van der Waals surface area contributed by atoms with Crippen LogP contribution in [0.4, 0.5) is 0 Å². The molecule has 3 aliphatic carbocycles. The fourth-order valence-electron chi connectivity index (χ4n) is 2.99. The van der Waals surface area contributed by atoms with Crippen LogP contribution in [-0.2, 0) is 4.79 Å². The maximum absolute atomic E-state index is 11.8. The SMILES string of the molecule is CCCC(C)C(=O)NC12CC(C#N)(C1)C2. The Morgan fingerprint density at radius 2 is 2.13 bits per heavy atom. The summed E-state index contributed by atoms with van der Waals surface area (Å²) in [5.41, 5.74) is -0.0594. The van der Waals surface area contributed by atoms with Crippen LogP contribution in [0.25, 0.3) is 0 Å². The normalized spacial score (nSPS) is 38.2. The Labute approximate surface area is 90.8 Å². The van der Waals surface area contributed by atoms with Gasteiger partial charge in [0, 0.05) is 11.5 Å². The number of carbonyl (C=O) groups excluding carboxylic acids is 1. The topological polar surface area (TPSA) is 52.9 Å². The monoisotopic (exact) mass is 206 g/mol. The van der Waals surface area contributed by atoms with E-state index in [2.05, 4.69) is 18.3 Å². The Morgan fingerprint density at radius 3 is 2.60 bits per heavy atom. The van der Waals surface area contributed by atoms with Gasteiger partial charge >= 0.3 is 0 Å². The molecular formula is C12H18N2O. The first-order valence-electron chi connectivity index (χ1n) is 5.78. The molecule has 2 bridgehead atoms. The van der Waals surface area contributed by atoms with Crippen molar-refractivity contribution in [1.82, 2.24) is 5.32 Å². The molecule has 0 heterocycles. The highest BCUT2D eigenvalue weighted by Crippen LogP contribution is 2.66. The molecule has 3 rings (SSSR count). The van der Waals surface area contributed by atoms with Crippen molar-refractivity contribution in [3.05, 3.63) is 0 Å². The molecule has 3 aliphatic rings. The van der Waals surface area contributed by atoms with Crippen LogP contribution in [0.3, 0.4) is 0 Å². The van der Waals surface area contributed by atoms with Gasteiger partial charge in [0.25, 0.3) is 0 Å². The van der Waals surface area contributed by atoms with Gasteiger partial charge in [-0.05, 0) is 25.7 Å². The van der Waals surface area contributed by atoms with Gasteiger partial charge in [-0.25, -0.2) is 0 Å². The predicted molar refractivity (Wildman–Crippen MR) is 56.8 cm³/mol. The van der Waals surface area contributed by atoms with E-state index in [9.17, 15) is 4.79 Å². The number of amides is 1. The van der Waals surface area contributed by atoms with E-state index in [1.54, 1.807) is 0 Å². The van der Waals surface area contributed by atoms with Crippen LogP contribution in [0.2, 0.25) is 0 Å². The molecule has 1 N–H and O–H groups in total. The van der Waals surface area contributed by atoms with E-state index >= 15 is 0 Å². The summed E-state index contributed by atoms with van der Waals surface area (Å²) in [6.45, 7) is 4.07. The maximum atomic E-state index is 11.8. The van der Waals surface area contributed by atoms with E-state index < -0.39 is 0 Å². The second-order valence-corrected chi connectivity index (χ2v) is 5.38. The molecule has 3 saturated carbocycles. The highest BCUT2D eigenvalue weighted by Gasteiger charge is 2.69. The van der Waals surface area contributed by atoms with E-state index in [1.807, 2.05) is 6.92 Å². The number of hydrogen-bond donors (Lipinski definition) is 1. The van der Waals surface area contributed by atoms with Crippen molar-refractivity contribution < 1.29 is 4.79 Å². The molecule has 0 aromatic carbocycles. The summed E-state index contributed by atoms with van der Waals surface area (Å²) in [5, 5.41) is 12.0. The predicted octanol–water partition coefficient (Wildman–Crippen LogP) is 1.99. The molecule has 3 nitrogen and oxygen atoms in total. The lowest BCUT2D eigenvalue weighted by atomic mass is 9.40. The Balaban J connectivity index is 1.81. The molecule has 1 unspecified atom stereocenters. The summed E-state index contributed by atoms with van der Waals surface area (Å²) < 4.78 is 0. The largest absolute Gasteiger partial charge is 0.350 e. The lowest BCUT2D eigenvalue weighted by Crippen LogP contribution is -2.74. The van der Waals surface area contributed by atoms with Crippen molar-refractivity contribution in [2.24, 2.45) is 11.3 Å². The third-order valence-corrected chi connectivity index (χ3v) is 3.83. The summed E-state index contributed by atoms with van der Waals surface area (Å²) in [7, 11) is 0. The summed E-state index contributed by atoms with van der Waals surface area (Å²) in [6, 6.07) is 2.34. The number of carbonyl (C=O) groups is 1. The summed E-state index contributed by atoms with van der Waals surface area (Å²) in [5.74, 6) is 0.283. The first-order chi connectivity index (χ1) is 7.05. The average Bonchev–Trinajstić information content (AvgIpc) is 2.08. The Bertz CT molecular complexity index is 309. The van der Waals surface area contributed by atoms with Crippen LogP contribution in [0, 0.1) is 22.7 Å². The zero-order valence-corrected chi connectivity index (χ0v) is 9.47. The smallest absolute Gasteiger partial charge is 0.223 e. The van der Waals surface area contributed by atoms with Gasteiger partial charge in [-0.15, -0.1) is 0 Å². The summed E-state index contributed by atoms with van der Waals surface area (Å²) >= 11 is 0. The molecule has 0 saturated heterocycles. The first-order valence-corrected chi connectivity index (χ1v) is 5.78. The van der Waals surface area contributed by atoms with Gasteiger partial charge in [0.15, 0.2) is 0 Å². The minimum atomic E-state index is -0.0682. The molecule has 0 spiro atoms. The minimum Gasteiger partial charge on any atom is -0.350 e. The number of hydrogen-bond acceptors (Lipinski definition) is 2. The molecule has 1 atom stereocenters. The summed E-state index contributed by atoms with van der Waals surface area (Å²) in [6.07, 6.45) is 4.62. The van der Waals surface area contributed by atoms with Crippen molar-refractivity contribution in [3.63, 3.8) is 0 Å². The third kappa shape index (κ3) is 1.52. The molecule has 82 valence electrons. The van der Waals surface area contributed by atoms with Gasteiger partial charge < -0.3 is 5.32 Å². The van der Waals surface area contributed by atoms with Gasteiger partial charge in [-0.1, -0.05) is 20.3 Å². The van der Waals surface area contributed by atoms with Gasteiger partial charge in [0.2, 0.25) is 5.91 Å². The summed E-state index contributed by atoms with van der Waals surface area (Å²) in [4.78, 5) is 11.8. The third-order valence-electron chi connectivity index (χ3n) is 3.83. The molecule has 0 radical (unpaired) electrons. The van der Waals surface area contributed by atoms with Crippen LogP contribution in [0.5, 0.6) is 0 Å². The maximum Gasteiger partial charge on any atom is 0.223 e. The lowest BCUT2D eigenvalue weighted by molar-refractivity contribution is -0.147. The van der Waals surface area contributed by atoms with E-state index in [4.69, 9.17) is 5.26 Å². The van der Waals surface area contributed by atoms with Crippen molar-refractivity contribution in [1.29, 1.82) is 5.26 Å². The molecule has 3 heteroatoms. The Morgan fingerprint density at radius 1 is 1.53 bits per heavy atom. The van der Waals surface area contributed by atoms with E-state index in [1.165, 1.54) is 0 Å². The highest BCUT2D eigenvalue weighted by atomic mass is 16.2. The molecule has 1 amide bonds. The van der Waals surface area contributed by atoms with Crippen LogP contribution in [-0.4, -0.2) is 11.4 Å². The number of nitrogens with zero attached hydrogens (tertiary/aromatic N) is 1. The number of nitriles is 1. The fraction of sp³-hybridized carbons (Fsp3) is 0.833. The lowest BCUT2D eigenvalue weighted by Gasteiger charge is -2.67. The van der Waals surface area contributed by atoms with Gasteiger partial charge in [-0.2, -0.15) is 5.26 Å². The van der Waals surface area contributed by atoms with E-state index in [0.717, 1.165) is 32.1 Å². The van der Waals surface area contributed by atoms with E-state index in [0.29, 0.717) is 0 Å². The molecule has 3 fully saturated rings. The first kappa shape index (κ1) is 10.5. The molecule has 15 heavy (non-hydrogen) atoms. The van der Waals surface area contributed by atoms with E-state index in [-0.39, 0.29) is 22.8 Å². The Hall–Kier alpha value is -1.04. The quantitative estimate of drug-likeness (QED) is 0.764. The molecule has 0 aliphatic heterocycles. The standard InChI is InChI=1S/C12H18N2O/c1-3-4-9(2)10(15)14-12-5-11(6-12,7-12)8-13/h9H,3-7H2,1-2H3,(H,14,15). The fourth-order valence-corrected chi connectivity index (χ4v) is 2.99. The average molecular weight is 206 g/mol. The second-order valence-electron chi connectivity index (χ2n) is 5.38. The number of rotatable bonds is 4. The van der Waals surface area contributed by atoms with Gasteiger partial charge in [0.05, 0.1) is 11.5 Å².